The van der Waals surface area contributed by atoms with E-state index in [-0.39, 0.29) is 5.92 Å². The van der Waals surface area contributed by atoms with Crippen LogP contribution in [-0.2, 0) is 4.79 Å². The molecule has 0 aliphatic carbocycles. The molecule has 0 fully saturated rings. The van der Waals surface area contributed by atoms with Gasteiger partial charge < -0.3 is 10.0 Å². The molecule has 4 heteroatoms. The van der Waals surface area contributed by atoms with Gasteiger partial charge in [-0.3, -0.25) is 4.79 Å². The van der Waals surface area contributed by atoms with Crippen LogP contribution >= 0.6 is 11.8 Å². The lowest BCUT2D eigenvalue weighted by molar-refractivity contribution is -0.141. The maximum Gasteiger partial charge on any atom is 0.307 e. The number of rotatable bonds is 7. The van der Waals surface area contributed by atoms with Gasteiger partial charge in [0.15, 0.2) is 0 Å². The Balaban J connectivity index is 3.81. The second kappa shape index (κ2) is 7.12. The summed E-state index contributed by atoms with van der Waals surface area (Å²) in [5.74, 6) is 0.137. The third-order valence-corrected chi connectivity index (χ3v) is 3.12. The number of carboxylic acids is 1. The van der Waals surface area contributed by atoms with Crippen molar-refractivity contribution in [1.82, 2.24) is 4.90 Å². The van der Waals surface area contributed by atoms with Gasteiger partial charge in [-0.15, -0.1) is 0 Å². The topological polar surface area (TPSA) is 40.5 Å². The van der Waals surface area contributed by atoms with Gasteiger partial charge in [-0.05, 0) is 32.4 Å². The van der Waals surface area contributed by atoms with Gasteiger partial charge in [0, 0.05) is 12.6 Å². The highest BCUT2D eigenvalue weighted by molar-refractivity contribution is 7.98. The van der Waals surface area contributed by atoms with Crippen LogP contribution < -0.4 is 0 Å². The van der Waals surface area contributed by atoms with Gasteiger partial charge in [0.25, 0.3) is 0 Å². The second-order valence-corrected chi connectivity index (χ2v) is 4.79. The maximum atomic E-state index is 10.6. The van der Waals surface area contributed by atoms with Crippen LogP contribution in [0.15, 0.2) is 0 Å². The summed E-state index contributed by atoms with van der Waals surface area (Å²) in [4.78, 5) is 12.8. The molecule has 0 aliphatic heterocycles. The lowest BCUT2D eigenvalue weighted by Gasteiger charge is -2.25. The zero-order valence-corrected chi connectivity index (χ0v) is 10.3. The SMILES string of the molecule is CSCCC(C)N(C)CC(C)C(=O)O. The van der Waals surface area contributed by atoms with Crippen molar-refractivity contribution < 1.29 is 9.90 Å². The fourth-order valence-corrected chi connectivity index (χ4v) is 1.78. The average Bonchev–Trinajstić information content (AvgIpc) is 2.13. The van der Waals surface area contributed by atoms with E-state index in [2.05, 4.69) is 18.1 Å². The highest BCUT2D eigenvalue weighted by atomic mass is 32.2. The van der Waals surface area contributed by atoms with Gasteiger partial charge in [-0.25, -0.2) is 0 Å². The molecule has 2 atom stereocenters. The lowest BCUT2D eigenvalue weighted by atomic mass is 10.1. The number of carbonyl (C=O) groups is 1. The van der Waals surface area contributed by atoms with Crippen LogP contribution in [0.5, 0.6) is 0 Å². The third-order valence-electron chi connectivity index (χ3n) is 2.48. The van der Waals surface area contributed by atoms with Crippen LogP contribution in [0.4, 0.5) is 0 Å². The Labute approximate surface area is 90.9 Å². The van der Waals surface area contributed by atoms with E-state index in [4.69, 9.17) is 5.11 Å². The number of nitrogens with zero attached hydrogens (tertiary/aromatic N) is 1. The number of thioether (sulfide) groups is 1. The van der Waals surface area contributed by atoms with E-state index < -0.39 is 5.97 Å². The molecule has 0 aliphatic rings. The molecule has 0 aromatic rings. The molecule has 0 radical (unpaired) electrons. The monoisotopic (exact) mass is 219 g/mol. The molecule has 0 saturated heterocycles. The quantitative estimate of drug-likeness (QED) is 0.708. The van der Waals surface area contributed by atoms with Gasteiger partial charge in [0.2, 0.25) is 0 Å². The van der Waals surface area contributed by atoms with Crippen molar-refractivity contribution in [3.63, 3.8) is 0 Å². The molecule has 0 bridgehead atoms. The molecule has 0 aromatic heterocycles. The summed E-state index contributed by atoms with van der Waals surface area (Å²) >= 11 is 1.83. The van der Waals surface area contributed by atoms with Crippen molar-refractivity contribution in [2.45, 2.75) is 26.3 Å². The average molecular weight is 219 g/mol. The molecule has 3 nitrogen and oxygen atoms in total. The van der Waals surface area contributed by atoms with Crippen LogP contribution in [0.25, 0.3) is 0 Å². The van der Waals surface area contributed by atoms with Crippen molar-refractivity contribution in [3.8, 4) is 0 Å². The maximum absolute atomic E-state index is 10.6. The Bertz CT molecular complexity index is 176. The number of hydrogen-bond donors (Lipinski definition) is 1. The van der Waals surface area contributed by atoms with E-state index in [0.717, 1.165) is 12.2 Å². The molecule has 0 amide bonds. The van der Waals surface area contributed by atoms with Crippen LogP contribution in [0, 0.1) is 5.92 Å². The first-order valence-corrected chi connectivity index (χ1v) is 6.30. The summed E-state index contributed by atoms with van der Waals surface area (Å²) in [5.41, 5.74) is 0. The fraction of sp³-hybridized carbons (Fsp3) is 0.900. The van der Waals surface area contributed by atoms with E-state index in [1.54, 1.807) is 6.92 Å². The molecule has 2 unspecified atom stereocenters. The fourth-order valence-electron chi connectivity index (χ4n) is 1.20. The second-order valence-electron chi connectivity index (χ2n) is 3.81. The molecule has 0 saturated carbocycles. The van der Waals surface area contributed by atoms with E-state index >= 15 is 0 Å². The van der Waals surface area contributed by atoms with Gasteiger partial charge in [-0.1, -0.05) is 6.92 Å². The Kier molecular flexibility index (Phi) is 7.01. The minimum absolute atomic E-state index is 0.281. The molecular weight excluding hydrogens is 198 g/mol. The summed E-state index contributed by atoms with van der Waals surface area (Å²) in [6.45, 7) is 4.52. The van der Waals surface area contributed by atoms with Crippen molar-refractivity contribution in [2.75, 3.05) is 25.6 Å². The number of aliphatic carboxylic acids is 1. The minimum atomic E-state index is -0.714. The van der Waals surface area contributed by atoms with Crippen LogP contribution in [0.1, 0.15) is 20.3 Å². The van der Waals surface area contributed by atoms with E-state index in [0.29, 0.717) is 12.6 Å². The summed E-state index contributed by atoms with van der Waals surface area (Å²) in [6, 6.07) is 0.462. The van der Waals surface area contributed by atoms with E-state index in [9.17, 15) is 4.79 Å². The first-order valence-electron chi connectivity index (χ1n) is 4.91. The third kappa shape index (κ3) is 5.50. The molecule has 0 aromatic carbocycles. The lowest BCUT2D eigenvalue weighted by Crippen LogP contribution is -2.35. The molecule has 1 N–H and O–H groups in total. The standard InChI is InChI=1S/C10H21NO2S/c1-8(10(12)13)7-11(3)9(2)5-6-14-4/h8-9H,5-7H2,1-4H3,(H,12,13). The predicted octanol–water partition coefficient (Wildman–Crippen LogP) is 1.78. The van der Waals surface area contributed by atoms with Crippen LogP contribution in [0.2, 0.25) is 0 Å². The van der Waals surface area contributed by atoms with Crippen molar-refractivity contribution in [1.29, 1.82) is 0 Å². The van der Waals surface area contributed by atoms with Crippen molar-refractivity contribution in [3.05, 3.63) is 0 Å². The first kappa shape index (κ1) is 13.8. The molecular formula is C10H21NO2S. The molecule has 84 valence electrons. The summed E-state index contributed by atoms with van der Waals surface area (Å²) < 4.78 is 0. The summed E-state index contributed by atoms with van der Waals surface area (Å²) in [7, 11) is 1.99. The molecule has 0 spiro atoms. The molecule has 0 heterocycles. The Morgan fingerprint density at radius 2 is 2.07 bits per heavy atom. The van der Waals surface area contributed by atoms with Gasteiger partial charge >= 0.3 is 5.97 Å². The Morgan fingerprint density at radius 1 is 1.50 bits per heavy atom. The first-order chi connectivity index (χ1) is 6.49. The number of hydrogen-bond acceptors (Lipinski definition) is 3. The normalized spacial score (nSPS) is 15.5. The highest BCUT2D eigenvalue weighted by Gasteiger charge is 2.16. The minimum Gasteiger partial charge on any atom is -0.481 e. The summed E-state index contributed by atoms with van der Waals surface area (Å²) in [5, 5.41) is 8.76. The smallest absolute Gasteiger partial charge is 0.307 e. The van der Waals surface area contributed by atoms with Crippen LogP contribution in [-0.4, -0.2) is 47.6 Å². The van der Waals surface area contributed by atoms with Crippen molar-refractivity contribution in [2.24, 2.45) is 5.92 Å². The van der Waals surface area contributed by atoms with Gasteiger partial charge in [-0.2, -0.15) is 11.8 Å². The predicted molar refractivity (Wildman–Crippen MR) is 61.9 cm³/mol. The van der Waals surface area contributed by atoms with Crippen molar-refractivity contribution >= 4 is 17.7 Å². The zero-order valence-electron chi connectivity index (χ0n) is 9.49. The number of carboxylic acid groups (broad SMARTS) is 1. The Morgan fingerprint density at radius 3 is 2.50 bits per heavy atom. The summed E-state index contributed by atoms with van der Waals surface area (Å²) in [6.07, 6.45) is 3.20. The van der Waals surface area contributed by atoms with Gasteiger partial charge in [0.1, 0.15) is 0 Å². The largest absolute Gasteiger partial charge is 0.481 e. The molecule has 0 rings (SSSR count). The molecule has 14 heavy (non-hydrogen) atoms. The zero-order chi connectivity index (χ0) is 11.1. The van der Waals surface area contributed by atoms with E-state index in [1.807, 2.05) is 18.8 Å². The van der Waals surface area contributed by atoms with Gasteiger partial charge in [0.05, 0.1) is 5.92 Å². The van der Waals surface area contributed by atoms with E-state index in [1.165, 1.54) is 0 Å². The highest BCUT2D eigenvalue weighted by Crippen LogP contribution is 2.08. The van der Waals surface area contributed by atoms with Crippen LogP contribution in [0.3, 0.4) is 0 Å². The Hall–Kier alpha value is -0.220.